The standard InChI is InChI=1S/C12H22O4/c1-6-7-9(11(14)15-5)8-10(13)16-12(2,3)4/h9H,6-8H2,1-5H3. The molecule has 0 N–H and O–H groups in total. The van der Waals surface area contributed by atoms with Gasteiger partial charge in [-0.15, -0.1) is 0 Å². The van der Waals surface area contributed by atoms with Gasteiger partial charge < -0.3 is 9.47 Å². The van der Waals surface area contributed by atoms with Gasteiger partial charge >= 0.3 is 11.9 Å². The van der Waals surface area contributed by atoms with Gasteiger partial charge in [0.15, 0.2) is 0 Å². The van der Waals surface area contributed by atoms with Crippen LogP contribution in [0.3, 0.4) is 0 Å². The van der Waals surface area contributed by atoms with Crippen molar-refractivity contribution in [2.24, 2.45) is 5.92 Å². The van der Waals surface area contributed by atoms with E-state index in [1.165, 1.54) is 7.11 Å². The second kappa shape index (κ2) is 6.51. The SMILES string of the molecule is CCCC(CC(=O)OC(C)(C)C)C(=O)OC. The smallest absolute Gasteiger partial charge is 0.309 e. The van der Waals surface area contributed by atoms with E-state index in [1.807, 2.05) is 6.92 Å². The maximum atomic E-state index is 11.5. The summed E-state index contributed by atoms with van der Waals surface area (Å²) in [5, 5.41) is 0. The normalized spacial score (nSPS) is 13.1. The lowest BCUT2D eigenvalue weighted by molar-refractivity contribution is -0.160. The molecule has 0 aromatic carbocycles. The Kier molecular flexibility index (Phi) is 6.08. The van der Waals surface area contributed by atoms with E-state index in [0.717, 1.165) is 6.42 Å². The van der Waals surface area contributed by atoms with E-state index in [-0.39, 0.29) is 24.3 Å². The van der Waals surface area contributed by atoms with Gasteiger partial charge in [0.1, 0.15) is 5.60 Å². The van der Waals surface area contributed by atoms with Crippen molar-refractivity contribution in [1.82, 2.24) is 0 Å². The molecular formula is C12H22O4. The van der Waals surface area contributed by atoms with Crippen LogP contribution in [0.4, 0.5) is 0 Å². The molecule has 0 rings (SSSR count). The average Bonchev–Trinajstić information content (AvgIpc) is 2.13. The molecule has 4 heteroatoms. The Balaban J connectivity index is 4.29. The molecule has 1 atom stereocenters. The molecule has 0 saturated heterocycles. The van der Waals surface area contributed by atoms with Crippen molar-refractivity contribution >= 4 is 11.9 Å². The highest BCUT2D eigenvalue weighted by Crippen LogP contribution is 2.16. The number of methoxy groups -OCH3 is 1. The first-order valence-corrected chi connectivity index (χ1v) is 5.59. The minimum atomic E-state index is -0.510. The number of esters is 2. The fourth-order valence-corrected chi connectivity index (χ4v) is 1.40. The van der Waals surface area contributed by atoms with Crippen molar-refractivity contribution in [2.75, 3.05) is 7.11 Å². The Morgan fingerprint density at radius 1 is 1.25 bits per heavy atom. The second-order valence-electron chi connectivity index (χ2n) is 4.80. The highest BCUT2D eigenvalue weighted by Gasteiger charge is 2.25. The fourth-order valence-electron chi connectivity index (χ4n) is 1.40. The average molecular weight is 230 g/mol. The number of carbonyl (C=O) groups excluding carboxylic acids is 2. The summed E-state index contributed by atoms with van der Waals surface area (Å²) in [5.74, 6) is -1.08. The van der Waals surface area contributed by atoms with E-state index in [9.17, 15) is 9.59 Å². The van der Waals surface area contributed by atoms with Crippen LogP contribution < -0.4 is 0 Å². The lowest BCUT2D eigenvalue weighted by atomic mass is 10.00. The Bertz CT molecular complexity index is 240. The Morgan fingerprint density at radius 2 is 1.81 bits per heavy atom. The van der Waals surface area contributed by atoms with Gasteiger partial charge in [-0.1, -0.05) is 13.3 Å². The number of hydrogen-bond donors (Lipinski definition) is 0. The van der Waals surface area contributed by atoms with E-state index in [4.69, 9.17) is 4.74 Å². The zero-order valence-corrected chi connectivity index (χ0v) is 10.8. The summed E-state index contributed by atoms with van der Waals surface area (Å²) in [4.78, 5) is 22.9. The van der Waals surface area contributed by atoms with Crippen molar-refractivity contribution in [3.05, 3.63) is 0 Å². The summed E-state index contributed by atoms with van der Waals surface area (Å²) in [7, 11) is 1.33. The van der Waals surface area contributed by atoms with Crippen LogP contribution >= 0.6 is 0 Å². The first kappa shape index (κ1) is 14.9. The van der Waals surface area contributed by atoms with Gasteiger partial charge in [-0.25, -0.2) is 0 Å². The van der Waals surface area contributed by atoms with Crippen molar-refractivity contribution in [3.8, 4) is 0 Å². The van der Waals surface area contributed by atoms with Gasteiger partial charge in [-0.2, -0.15) is 0 Å². The molecule has 0 fully saturated rings. The van der Waals surface area contributed by atoms with Gasteiger partial charge in [0.25, 0.3) is 0 Å². The molecule has 0 aromatic rings. The monoisotopic (exact) mass is 230 g/mol. The van der Waals surface area contributed by atoms with Crippen LogP contribution in [0, 0.1) is 5.92 Å². The Hall–Kier alpha value is -1.06. The summed E-state index contributed by atoms with van der Waals surface area (Å²) in [6, 6.07) is 0. The van der Waals surface area contributed by atoms with Gasteiger partial charge in [0, 0.05) is 0 Å². The molecule has 0 saturated carbocycles. The molecule has 16 heavy (non-hydrogen) atoms. The van der Waals surface area contributed by atoms with Crippen LogP contribution in [0.2, 0.25) is 0 Å². The number of ether oxygens (including phenoxy) is 2. The lowest BCUT2D eigenvalue weighted by Crippen LogP contribution is -2.27. The number of carbonyl (C=O) groups is 2. The first-order valence-electron chi connectivity index (χ1n) is 5.59. The summed E-state index contributed by atoms with van der Waals surface area (Å²) in [5.41, 5.74) is -0.510. The van der Waals surface area contributed by atoms with E-state index in [2.05, 4.69) is 4.74 Å². The van der Waals surface area contributed by atoms with Gasteiger partial charge in [-0.3, -0.25) is 9.59 Å². The molecule has 0 aliphatic heterocycles. The van der Waals surface area contributed by atoms with Crippen LogP contribution in [-0.2, 0) is 19.1 Å². The minimum absolute atomic E-state index is 0.0950. The highest BCUT2D eigenvalue weighted by atomic mass is 16.6. The molecular weight excluding hydrogens is 208 g/mol. The third kappa shape index (κ3) is 6.43. The second-order valence-corrected chi connectivity index (χ2v) is 4.80. The zero-order chi connectivity index (χ0) is 12.8. The maximum Gasteiger partial charge on any atom is 0.309 e. The third-order valence-electron chi connectivity index (χ3n) is 2.00. The van der Waals surface area contributed by atoms with Crippen LogP contribution in [0.5, 0.6) is 0 Å². The summed E-state index contributed by atoms with van der Waals surface area (Å²) < 4.78 is 9.81. The quantitative estimate of drug-likeness (QED) is 0.680. The van der Waals surface area contributed by atoms with Crippen LogP contribution in [0.25, 0.3) is 0 Å². The predicted molar refractivity (Wildman–Crippen MR) is 60.9 cm³/mol. The Labute approximate surface area is 97.3 Å². The molecule has 0 heterocycles. The Morgan fingerprint density at radius 3 is 2.19 bits per heavy atom. The molecule has 4 nitrogen and oxygen atoms in total. The summed E-state index contributed by atoms with van der Waals surface area (Å²) >= 11 is 0. The van der Waals surface area contributed by atoms with Crippen LogP contribution in [-0.4, -0.2) is 24.6 Å². The topological polar surface area (TPSA) is 52.6 Å². The zero-order valence-electron chi connectivity index (χ0n) is 10.8. The molecule has 94 valence electrons. The number of rotatable bonds is 5. The largest absolute Gasteiger partial charge is 0.469 e. The summed E-state index contributed by atoms with van der Waals surface area (Å²) in [6.07, 6.45) is 1.58. The van der Waals surface area contributed by atoms with Crippen molar-refractivity contribution in [2.45, 2.75) is 52.6 Å². The minimum Gasteiger partial charge on any atom is -0.469 e. The predicted octanol–water partition coefficient (Wildman–Crippen LogP) is 2.31. The fraction of sp³-hybridized carbons (Fsp3) is 0.833. The van der Waals surface area contributed by atoms with Crippen molar-refractivity contribution in [3.63, 3.8) is 0 Å². The first-order chi connectivity index (χ1) is 7.30. The molecule has 0 bridgehead atoms. The number of hydrogen-bond acceptors (Lipinski definition) is 4. The molecule has 0 aliphatic carbocycles. The molecule has 0 amide bonds. The van der Waals surface area contributed by atoms with Crippen LogP contribution in [0.1, 0.15) is 47.0 Å². The van der Waals surface area contributed by atoms with E-state index < -0.39 is 5.60 Å². The van der Waals surface area contributed by atoms with Crippen molar-refractivity contribution in [1.29, 1.82) is 0 Å². The van der Waals surface area contributed by atoms with Gasteiger partial charge in [0.05, 0.1) is 19.4 Å². The molecule has 0 aromatic heterocycles. The maximum absolute atomic E-state index is 11.5. The van der Waals surface area contributed by atoms with Gasteiger partial charge in [-0.05, 0) is 27.2 Å². The third-order valence-corrected chi connectivity index (χ3v) is 2.00. The molecule has 1 unspecified atom stereocenters. The van der Waals surface area contributed by atoms with Crippen molar-refractivity contribution < 1.29 is 19.1 Å². The van der Waals surface area contributed by atoms with E-state index >= 15 is 0 Å². The van der Waals surface area contributed by atoms with Crippen LogP contribution in [0.15, 0.2) is 0 Å². The molecule has 0 spiro atoms. The summed E-state index contributed by atoms with van der Waals surface area (Å²) in [6.45, 7) is 7.37. The lowest BCUT2D eigenvalue weighted by Gasteiger charge is -2.21. The molecule has 0 aliphatic rings. The molecule has 0 radical (unpaired) electrons. The van der Waals surface area contributed by atoms with E-state index in [0.29, 0.717) is 6.42 Å². The van der Waals surface area contributed by atoms with Gasteiger partial charge in [0.2, 0.25) is 0 Å². The highest BCUT2D eigenvalue weighted by molar-refractivity contribution is 5.80. The van der Waals surface area contributed by atoms with E-state index in [1.54, 1.807) is 20.8 Å².